The van der Waals surface area contributed by atoms with Crippen molar-refractivity contribution in [2.24, 2.45) is 0 Å². The van der Waals surface area contributed by atoms with Crippen molar-refractivity contribution in [3.63, 3.8) is 0 Å². The van der Waals surface area contributed by atoms with Crippen LogP contribution in [0.3, 0.4) is 0 Å². The van der Waals surface area contributed by atoms with Crippen LogP contribution in [0.15, 0.2) is 47.4 Å². The highest BCUT2D eigenvalue weighted by molar-refractivity contribution is 7.93. The van der Waals surface area contributed by atoms with Crippen LogP contribution in [0.1, 0.15) is 0 Å². The van der Waals surface area contributed by atoms with E-state index in [1.165, 1.54) is 12.1 Å². The van der Waals surface area contributed by atoms with E-state index in [1.54, 1.807) is 24.3 Å². The number of hydrogen-bond donors (Lipinski definition) is 1. The number of hydrogen-bond acceptors (Lipinski definition) is 5. The highest BCUT2D eigenvalue weighted by Crippen LogP contribution is 2.33. The molecule has 0 fully saturated rings. The van der Waals surface area contributed by atoms with Crippen LogP contribution in [0, 0.1) is 5.82 Å². The molecule has 2 aromatic carbocycles. The summed E-state index contributed by atoms with van der Waals surface area (Å²) in [6.45, 7) is -1.07. The van der Waals surface area contributed by atoms with Crippen LogP contribution >= 0.6 is 11.6 Å². The third-order valence-corrected chi connectivity index (χ3v) is 5.56. The van der Waals surface area contributed by atoms with Crippen LogP contribution < -0.4 is 14.2 Å². The zero-order valence-electron chi connectivity index (χ0n) is 14.8. The maximum atomic E-state index is 14.2. The van der Waals surface area contributed by atoms with Gasteiger partial charge in [-0.05, 0) is 12.1 Å². The van der Waals surface area contributed by atoms with Crippen LogP contribution in [0.4, 0.5) is 18.9 Å². The lowest BCUT2D eigenvalue weighted by Crippen LogP contribution is -2.15. The molecule has 154 valence electrons. The summed E-state index contributed by atoms with van der Waals surface area (Å²) >= 11 is 6.11. The summed E-state index contributed by atoms with van der Waals surface area (Å²) in [5.74, 6) is -2.22. The zero-order valence-corrected chi connectivity index (χ0v) is 16.4. The van der Waals surface area contributed by atoms with Gasteiger partial charge in [0.15, 0.2) is 12.4 Å². The number of methoxy groups -OCH3 is 1. The molecule has 0 amide bonds. The predicted molar refractivity (Wildman–Crippen MR) is 102 cm³/mol. The largest absolute Gasteiger partial charge is 0.479 e. The van der Waals surface area contributed by atoms with Crippen LogP contribution in [0.25, 0.3) is 10.8 Å². The van der Waals surface area contributed by atoms with Crippen molar-refractivity contribution < 1.29 is 31.1 Å². The van der Waals surface area contributed by atoms with E-state index in [4.69, 9.17) is 16.3 Å². The van der Waals surface area contributed by atoms with Crippen LogP contribution in [0.2, 0.25) is 5.02 Å². The molecule has 1 aromatic heterocycles. The Morgan fingerprint density at radius 3 is 2.52 bits per heavy atom. The highest BCUT2D eigenvalue weighted by atomic mass is 35.5. The van der Waals surface area contributed by atoms with Crippen molar-refractivity contribution in [1.29, 1.82) is 0 Å². The van der Waals surface area contributed by atoms with Crippen molar-refractivity contribution in [3.8, 4) is 11.8 Å². The Hall–Kier alpha value is -2.72. The fourth-order valence-electron chi connectivity index (χ4n) is 2.60. The first kappa shape index (κ1) is 21.0. The number of pyridine rings is 1. The van der Waals surface area contributed by atoms with E-state index >= 15 is 0 Å². The Labute approximate surface area is 169 Å². The first-order valence-electron chi connectivity index (χ1n) is 8.08. The second-order valence-electron chi connectivity index (χ2n) is 5.73. The molecule has 0 bridgehead atoms. The molecule has 0 spiro atoms. The number of sulfonamides is 1. The summed E-state index contributed by atoms with van der Waals surface area (Å²) in [6, 6.07) is 10.1. The zero-order chi connectivity index (χ0) is 21.2. The van der Waals surface area contributed by atoms with E-state index in [-0.39, 0.29) is 16.5 Å². The maximum absolute atomic E-state index is 14.2. The Kier molecular flexibility index (Phi) is 6.04. The van der Waals surface area contributed by atoms with Gasteiger partial charge in [0.1, 0.15) is 5.69 Å². The van der Waals surface area contributed by atoms with Crippen molar-refractivity contribution in [2.45, 2.75) is 11.3 Å². The summed E-state index contributed by atoms with van der Waals surface area (Å²) in [7, 11) is -3.04. The number of rotatable bonds is 7. The van der Waals surface area contributed by atoms with E-state index in [9.17, 15) is 21.6 Å². The molecule has 1 heterocycles. The Balaban J connectivity index is 2.01. The molecule has 1 N–H and O–H groups in total. The average Bonchev–Trinajstić information content (AvgIpc) is 2.67. The summed E-state index contributed by atoms with van der Waals surface area (Å²) < 4.78 is 76.2. The number of anilines is 1. The first-order valence-corrected chi connectivity index (χ1v) is 9.94. The standard InChI is InChI=1S/C18H14ClF3N2O4S/c1-27-18-14(8-13(20)17(23-18)28-9-16(21)22)24-29(25,26)15-7-3-4-10-11(15)5-2-6-12(10)19/h2-8,16,24H,9H2,1H3. The maximum Gasteiger partial charge on any atom is 0.272 e. The Bertz CT molecular complexity index is 1160. The second-order valence-corrected chi connectivity index (χ2v) is 7.79. The van der Waals surface area contributed by atoms with E-state index < -0.39 is 34.8 Å². The molecular weight excluding hydrogens is 433 g/mol. The van der Waals surface area contributed by atoms with Gasteiger partial charge in [-0.25, -0.2) is 21.6 Å². The van der Waals surface area contributed by atoms with E-state index in [2.05, 4.69) is 14.4 Å². The molecule has 3 rings (SSSR count). The number of halogens is 4. The SMILES string of the molecule is COc1nc(OCC(F)F)c(F)cc1NS(=O)(=O)c1cccc2c(Cl)cccc12. The van der Waals surface area contributed by atoms with Gasteiger partial charge in [-0.3, -0.25) is 4.72 Å². The number of fused-ring (bicyclic) bond motifs is 1. The lowest BCUT2D eigenvalue weighted by Gasteiger charge is -2.14. The van der Waals surface area contributed by atoms with Gasteiger partial charge in [0.05, 0.1) is 12.0 Å². The number of aromatic nitrogens is 1. The third kappa shape index (κ3) is 4.48. The second kappa shape index (κ2) is 8.34. The molecule has 3 aromatic rings. The van der Waals surface area contributed by atoms with E-state index in [0.29, 0.717) is 15.8 Å². The van der Waals surface area contributed by atoms with Crippen LogP contribution in [-0.2, 0) is 10.0 Å². The molecule has 0 radical (unpaired) electrons. The van der Waals surface area contributed by atoms with E-state index in [1.807, 2.05) is 0 Å². The van der Waals surface area contributed by atoms with Crippen LogP contribution in [0.5, 0.6) is 11.8 Å². The van der Waals surface area contributed by atoms with Gasteiger partial charge in [-0.1, -0.05) is 35.9 Å². The average molecular weight is 447 g/mol. The fraction of sp³-hybridized carbons (Fsp3) is 0.167. The minimum Gasteiger partial charge on any atom is -0.479 e. The van der Waals surface area contributed by atoms with Crippen molar-refractivity contribution in [3.05, 3.63) is 53.3 Å². The first-order chi connectivity index (χ1) is 13.7. The van der Waals surface area contributed by atoms with Gasteiger partial charge in [0.2, 0.25) is 5.88 Å². The highest BCUT2D eigenvalue weighted by Gasteiger charge is 2.23. The molecule has 0 aliphatic rings. The fourth-order valence-corrected chi connectivity index (χ4v) is 4.11. The quantitative estimate of drug-likeness (QED) is 0.579. The molecule has 6 nitrogen and oxygen atoms in total. The number of nitrogens with zero attached hydrogens (tertiary/aromatic N) is 1. The number of nitrogens with one attached hydrogen (secondary N) is 1. The third-order valence-electron chi connectivity index (χ3n) is 3.81. The summed E-state index contributed by atoms with van der Waals surface area (Å²) in [5.41, 5.74) is -0.326. The lowest BCUT2D eigenvalue weighted by molar-refractivity contribution is 0.0770. The molecule has 0 saturated heterocycles. The molecular formula is C18H14ClF3N2O4S. The van der Waals surface area contributed by atoms with Gasteiger partial charge >= 0.3 is 0 Å². The number of ether oxygens (including phenoxy) is 2. The predicted octanol–water partition coefficient (Wildman–Crippen LogP) is 4.48. The minimum absolute atomic E-state index is 0.0991. The van der Waals surface area contributed by atoms with Gasteiger partial charge in [0, 0.05) is 21.9 Å². The normalized spacial score (nSPS) is 11.7. The molecule has 0 aliphatic carbocycles. The Morgan fingerprint density at radius 1 is 1.14 bits per heavy atom. The molecule has 0 aliphatic heterocycles. The summed E-state index contributed by atoms with van der Waals surface area (Å²) in [5, 5.41) is 1.24. The van der Waals surface area contributed by atoms with Crippen LogP contribution in [-0.4, -0.2) is 33.5 Å². The van der Waals surface area contributed by atoms with Gasteiger partial charge < -0.3 is 9.47 Å². The number of alkyl halides is 2. The van der Waals surface area contributed by atoms with Gasteiger partial charge in [-0.15, -0.1) is 0 Å². The molecule has 11 heteroatoms. The van der Waals surface area contributed by atoms with Crippen molar-refractivity contribution in [1.82, 2.24) is 4.98 Å². The van der Waals surface area contributed by atoms with Gasteiger partial charge in [-0.2, -0.15) is 4.98 Å². The monoisotopic (exact) mass is 446 g/mol. The molecule has 0 saturated carbocycles. The molecule has 29 heavy (non-hydrogen) atoms. The summed E-state index contributed by atoms with van der Waals surface area (Å²) in [6.07, 6.45) is -2.83. The Morgan fingerprint density at radius 2 is 1.83 bits per heavy atom. The van der Waals surface area contributed by atoms with E-state index in [0.717, 1.165) is 13.2 Å². The van der Waals surface area contributed by atoms with Crippen molar-refractivity contribution in [2.75, 3.05) is 18.4 Å². The number of benzene rings is 2. The smallest absolute Gasteiger partial charge is 0.272 e. The molecule has 0 unspecified atom stereocenters. The lowest BCUT2D eigenvalue weighted by atomic mass is 10.1. The van der Waals surface area contributed by atoms with Crippen molar-refractivity contribution >= 4 is 38.1 Å². The topological polar surface area (TPSA) is 77.5 Å². The summed E-state index contributed by atoms with van der Waals surface area (Å²) in [4.78, 5) is 3.52. The molecule has 0 atom stereocenters. The minimum atomic E-state index is -4.20. The van der Waals surface area contributed by atoms with Gasteiger partial charge in [0.25, 0.3) is 22.3 Å².